The molecule has 0 saturated carbocycles. The third kappa shape index (κ3) is 5.10. The van der Waals surface area contributed by atoms with E-state index in [0.29, 0.717) is 0 Å². The first-order valence-electron chi connectivity index (χ1n) is 6.46. The highest BCUT2D eigenvalue weighted by atomic mass is 16.6. The maximum atomic E-state index is 11.7. The molecule has 0 spiro atoms. The van der Waals surface area contributed by atoms with Gasteiger partial charge in [-0.2, -0.15) is 0 Å². The Labute approximate surface area is 118 Å². The van der Waals surface area contributed by atoms with Crippen LogP contribution in [0.2, 0.25) is 0 Å². The number of carbonyl (C=O) groups is 2. The standard InChI is InChI=1S/C16H18O4/c1-3-19-15(17)14(16(18)20-4-2)12-8-11-13-9-6-5-7-10-13/h5-12H,3-4H2,1-2H3/b11-8-. The van der Waals surface area contributed by atoms with Gasteiger partial charge in [0.15, 0.2) is 0 Å². The predicted molar refractivity (Wildman–Crippen MR) is 76.8 cm³/mol. The monoisotopic (exact) mass is 274 g/mol. The summed E-state index contributed by atoms with van der Waals surface area (Å²) in [4.78, 5) is 23.4. The molecule has 0 aliphatic heterocycles. The maximum Gasteiger partial charge on any atom is 0.345 e. The number of rotatable bonds is 6. The van der Waals surface area contributed by atoms with Crippen molar-refractivity contribution >= 4 is 18.0 Å². The van der Waals surface area contributed by atoms with Crippen molar-refractivity contribution in [3.63, 3.8) is 0 Å². The second-order valence-electron chi connectivity index (χ2n) is 3.79. The lowest BCUT2D eigenvalue weighted by molar-refractivity contribution is -0.146. The van der Waals surface area contributed by atoms with Gasteiger partial charge in [-0.1, -0.05) is 42.5 Å². The molecule has 4 heteroatoms. The minimum absolute atomic E-state index is 0.110. The van der Waals surface area contributed by atoms with E-state index in [1.165, 1.54) is 6.08 Å². The van der Waals surface area contributed by atoms with Crippen molar-refractivity contribution in [1.29, 1.82) is 0 Å². The van der Waals surface area contributed by atoms with Crippen molar-refractivity contribution in [2.75, 3.05) is 13.2 Å². The molecule has 0 aliphatic carbocycles. The van der Waals surface area contributed by atoms with E-state index in [1.807, 2.05) is 30.3 Å². The molecule has 20 heavy (non-hydrogen) atoms. The lowest BCUT2D eigenvalue weighted by atomic mass is 10.2. The number of ether oxygens (including phenoxy) is 2. The Morgan fingerprint density at radius 3 is 2.05 bits per heavy atom. The molecule has 1 aromatic rings. The van der Waals surface area contributed by atoms with Crippen LogP contribution in [0, 0.1) is 0 Å². The molecule has 0 saturated heterocycles. The number of esters is 2. The van der Waals surface area contributed by atoms with Crippen molar-refractivity contribution in [2.24, 2.45) is 0 Å². The van der Waals surface area contributed by atoms with Crippen molar-refractivity contribution in [1.82, 2.24) is 0 Å². The van der Waals surface area contributed by atoms with E-state index in [1.54, 1.807) is 26.0 Å². The Hall–Kier alpha value is -2.36. The first kappa shape index (κ1) is 15.7. The summed E-state index contributed by atoms with van der Waals surface area (Å²) in [6.45, 7) is 3.77. The highest BCUT2D eigenvalue weighted by molar-refractivity contribution is 6.14. The molecule has 0 heterocycles. The van der Waals surface area contributed by atoms with Crippen molar-refractivity contribution in [2.45, 2.75) is 13.8 Å². The molecule has 106 valence electrons. The van der Waals surface area contributed by atoms with Crippen LogP contribution < -0.4 is 0 Å². The Balaban J connectivity index is 2.86. The lowest BCUT2D eigenvalue weighted by Crippen LogP contribution is -2.18. The minimum Gasteiger partial charge on any atom is -0.462 e. The average molecular weight is 274 g/mol. The molecule has 0 atom stereocenters. The van der Waals surface area contributed by atoms with Gasteiger partial charge in [0.05, 0.1) is 13.2 Å². The summed E-state index contributed by atoms with van der Waals surface area (Å²) in [5, 5.41) is 0. The van der Waals surface area contributed by atoms with Crippen LogP contribution in [0.1, 0.15) is 19.4 Å². The number of benzene rings is 1. The molecule has 1 rings (SSSR count). The van der Waals surface area contributed by atoms with Gasteiger partial charge in [0.2, 0.25) is 0 Å². The Bertz CT molecular complexity index is 480. The summed E-state index contributed by atoms with van der Waals surface area (Å²) in [7, 11) is 0. The fourth-order valence-corrected chi connectivity index (χ4v) is 1.46. The van der Waals surface area contributed by atoms with Crippen LogP contribution in [0.3, 0.4) is 0 Å². The van der Waals surface area contributed by atoms with Crippen LogP contribution in [0.25, 0.3) is 6.08 Å². The molecular formula is C16H18O4. The second kappa shape index (κ2) is 8.69. The molecule has 0 fully saturated rings. The van der Waals surface area contributed by atoms with E-state index in [9.17, 15) is 9.59 Å². The molecular weight excluding hydrogens is 256 g/mol. The molecule has 0 aromatic heterocycles. The van der Waals surface area contributed by atoms with Gasteiger partial charge in [-0.05, 0) is 25.5 Å². The van der Waals surface area contributed by atoms with E-state index in [4.69, 9.17) is 9.47 Å². The topological polar surface area (TPSA) is 52.6 Å². The molecule has 0 radical (unpaired) electrons. The highest BCUT2D eigenvalue weighted by Gasteiger charge is 2.19. The van der Waals surface area contributed by atoms with Gasteiger partial charge in [0.1, 0.15) is 5.57 Å². The Morgan fingerprint density at radius 1 is 1.00 bits per heavy atom. The van der Waals surface area contributed by atoms with Gasteiger partial charge in [-0.3, -0.25) is 0 Å². The van der Waals surface area contributed by atoms with Gasteiger partial charge in [0.25, 0.3) is 0 Å². The fourth-order valence-electron chi connectivity index (χ4n) is 1.46. The smallest absolute Gasteiger partial charge is 0.345 e. The summed E-state index contributed by atoms with van der Waals surface area (Å²) in [5.74, 6) is -1.35. The largest absolute Gasteiger partial charge is 0.462 e. The molecule has 0 aliphatic rings. The van der Waals surface area contributed by atoms with Crippen LogP contribution in [0.15, 0.2) is 48.1 Å². The molecule has 0 unspecified atom stereocenters. The summed E-state index contributed by atoms with van der Waals surface area (Å²) in [6.07, 6.45) is 4.82. The molecule has 4 nitrogen and oxygen atoms in total. The third-order valence-corrected chi connectivity index (χ3v) is 2.34. The Kier molecular flexibility index (Phi) is 6.82. The second-order valence-corrected chi connectivity index (χ2v) is 3.79. The van der Waals surface area contributed by atoms with Crippen LogP contribution in [-0.4, -0.2) is 25.2 Å². The zero-order valence-corrected chi connectivity index (χ0v) is 11.7. The number of hydrogen-bond donors (Lipinski definition) is 0. The van der Waals surface area contributed by atoms with Gasteiger partial charge in [-0.25, -0.2) is 9.59 Å². The molecule has 1 aromatic carbocycles. The van der Waals surface area contributed by atoms with E-state index in [0.717, 1.165) is 5.56 Å². The van der Waals surface area contributed by atoms with Crippen LogP contribution in [-0.2, 0) is 19.1 Å². The van der Waals surface area contributed by atoms with E-state index < -0.39 is 11.9 Å². The van der Waals surface area contributed by atoms with Crippen LogP contribution in [0.4, 0.5) is 0 Å². The number of allylic oxidation sites excluding steroid dienone is 2. The summed E-state index contributed by atoms with van der Waals surface area (Å²) < 4.78 is 9.66. The van der Waals surface area contributed by atoms with Gasteiger partial charge >= 0.3 is 11.9 Å². The van der Waals surface area contributed by atoms with E-state index in [-0.39, 0.29) is 18.8 Å². The zero-order valence-electron chi connectivity index (χ0n) is 11.7. The average Bonchev–Trinajstić information content (AvgIpc) is 2.45. The molecule has 0 amide bonds. The van der Waals surface area contributed by atoms with Gasteiger partial charge in [0, 0.05) is 0 Å². The maximum absolute atomic E-state index is 11.7. The van der Waals surface area contributed by atoms with Gasteiger partial charge < -0.3 is 9.47 Å². The minimum atomic E-state index is -0.677. The van der Waals surface area contributed by atoms with Crippen LogP contribution in [0.5, 0.6) is 0 Å². The normalized spacial score (nSPS) is 10.1. The third-order valence-electron chi connectivity index (χ3n) is 2.34. The molecule has 0 N–H and O–H groups in total. The fraction of sp³-hybridized carbons (Fsp3) is 0.250. The summed E-state index contributed by atoms with van der Waals surface area (Å²) in [6, 6.07) is 9.55. The predicted octanol–water partition coefficient (Wildman–Crippen LogP) is 2.75. The van der Waals surface area contributed by atoms with Crippen molar-refractivity contribution < 1.29 is 19.1 Å². The lowest BCUT2D eigenvalue weighted by Gasteiger charge is -2.05. The highest BCUT2D eigenvalue weighted by Crippen LogP contribution is 2.06. The van der Waals surface area contributed by atoms with Crippen LogP contribution >= 0.6 is 0 Å². The Morgan fingerprint density at radius 2 is 1.55 bits per heavy atom. The number of carbonyl (C=O) groups excluding carboxylic acids is 2. The first-order valence-corrected chi connectivity index (χ1v) is 6.46. The SMILES string of the molecule is CCOC(=O)C(=C/C=C\c1ccccc1)C(=O)OCC. The first-order chi connectivity index (χ1) is 9.69. The van der Waals surface area contributed by atoms with E-state index in [2.05, 4.69) is 0 Å². The number of hydrogen-bond acceptors (Lipinski definition) is 4. The van der Waals surface area contributed by atoms with Crippen molar-refractivity contribution in [3.05, 3.63) is 53.6 Å². The summed E-state index contributed by atoms with van der Waals surface area (Å²) in [5.41, 5.74) is 0.858. The molecule has 0 bridgehead atoms. The summed E-state index contributed by atoms with van der Waals surface area (Å²) >= 11 is 0. The van der Waals surface area contributed by atoms with Gasteiger partial charge in [-0.15, -0.1) is 0 Å². The quantitative estimate of drug-likeness (QED) is 0.263. The zero-order chi connectivity index (χ0) is 14.8. The van der Waals surface area contributed by atoms with E-state index >= 15 is 0 Å². The van der Waals surface area contributed by atoms with Crippen molar-refractivity contribution in [3.8, 4) is 0 Å².